The van der Waals surface area contributed by atoms with Gasteiger partial charge in [-0.1, -0.05) is 35.4 Å². The fourth-order valence-corrected chi connectivity index (χ4v) is 2.29. The molecular formula is C12H11N3S. The molecule has 0 N–H and O–H groups in total. The van der Waals surface area contributed by atoms with Gasteiger partial charge in [0.25, 0.3) is 0 Å². The van der Waals surface area contributed by atoms with Crippen LogP contribution in [0.15, 0.2) is 52.5 Å². The highest BCUT2D eigenvalue weighted by molar-refractivity contribution is 7.99. The Kier molecular flexibility index (Phi) is 3.70. The lowest BCUT2D eigenvalue weighted by Crippen LogP contribution is -1.83. The molecule has 0 saturated carbocycles. The second kappa shape index (κ2) is 5.45. The van der Waals surface area contributed by atoms with E-state index < -0.39 is 0 Å². The molecule has 2 rings (SSSR count). The summed E-state index contributed by atoms with van der Waals surface area (Å²) in [4.78, 5) is 3.94. The summed E-state index contributed by atoms with van der Waals surface area (Å²) in [5.41, 5.74) is 8.15. The van der Waals surface area contributed by atoms with Crippen molar-refractivity contribution in [2.24, 2.45) is 5.11 Å². The molecule has 0 fully saturated rings. The lowest BCUT2D eigenvalue weighted by atomic mass is 10.1. The van der Waals surface area contributed by atoms with Crippen molar-refractivity contribution in [1.82, 2.24) is 0 Å². The predicted octanol–water partition coefficient (Wildman–Crippen LogP) is 4.24. The zero-order chi connectivity index (χ0) is 11.2. The van der Waals surface area contributed by atoms with Gasteiger partial charge in [0.2, 0.25) is 0 Å². The van der Waals surface area contributed by atoms with Crippen molar-refractivity contribution >= 4 is 22.5 Å². The van der Waals surface area contributed by atoms with E-state index in [0.29, 0.717) is 6.54 Å². The third-order valence-corrected chi connectivity index (χ3v) is 3.22. The minimum absolute atomic E-state index is 0.536. The first-order valence-corrected chi connectivity index (χ1v) is 6.01. The van der Waals surface area contributed by atoms with E-state index in [4.69, 9.17) is 5.53 Å². The molecule has 0 aromatic heterocycles. The SMILES string of the molecule is [N-]=[N+]=NCCSc1ccc2ccccc2c1. The summed E-state index contributed by atoms with van der Waals surface area (Å²) >= 11 is 1.71. The van der Waals surface area contributed by atoms with Crippen LogP contribution >= 0.6 is 11.8 Å². The predicted molar refractivity (Wildman–Crippen MR) is 68.7 cm³/mol. The van der Waals surface area contributed by atoms with E-state index in [9.17, 15) is 0 Å². The second-order valence-electron chi connectivity index (χ2n) is 3.31. The second-order valence-corrected chi connectivity index (χ2v) is 4.48. The van der Waals surface area contributed by atoms with Crippen molar-refractivity contribution in [2.75, 3.05) is 12.3 Å². The normalized spacial score (nSPS) is 10.0. The number of benzene rings is 2. The molecule has 0 saturated heterocycles. The Bertz CT molecular complexity index is 533. The van der Waals surface area contributed by atoms with Gasteiger partial charge in [-0.05, 0) is 28.4 Å². The van der Waals surface area contributed by atoms with Gasteiger partial charge >= 0.3 is 0 Å². The third kappa shape index (κ3) is 2.69. The molecule has 0 amide bonds. The Morgan fingerprint density at radius 3 is 2.75 bits per heavy atom. The first-order chi connectivity index (χ1) is 7.90. The first-order valence-electron chi connectivity index (χ1n) is 5.02. The molecule has 2 aromatic rings. The van der Waals surface area contributed by atoms with Gasteiger partial charge in [-0.2, -0.15) is 0 Å². The van der Waals surface area contributed by atoms with Crippen LogP contribution in [0.1, 0.15) is 0 Å². The minimum atomic E-state index is 0.536. The van der Waals surface area contributed by atoms with Crippen LogP contribution in [-0.2, 0) is 0 Å². The van der Waals surface area contributed by atoms with E-state index in [-0.39, 0.29) is 0 Å². The molecule has 0 aliphatic heterocycles. The number of thioether (sulfide) groups is 1. The molecule has 0 spiro atoms. The summed E-state index contributed by atoms with van der Waals surface area (Å²) in [5, 5.41) is 6.01. The highest BCUT2D eigenvalue weighted by Gasteiger charge is 1.96. The summed E-state index contributed by atoms with van der Waals surface area (Å²) in [5.74, 6) is 0.822. The molecule has 16 heavy (non-hydrogen) atoms. The van der Waals surface area contributed by atoms with Crippen molar-refractivity contribution < 1.29 is 0 Å². The Balaban J connectivity index is 2.10. The summed E-state index contributed by atoms with van der Waals surface area (Å²) in [6.07, 6.45) is 0. The van der Waals surface area contributed by atoms with Crippen LogP contribution in [0.4, 0.5) is 0 Å². The molecule has 2 aromatic carbocycles. The number of hydrogen-bond donors (Lipinski definition) is 0. The highest BCUT2D eigenvalue weighted by Crippen LogP contribution is 2.23. The van der Waals surface area contributed by atoms with E-state index in [2.05, 4.69) is 40.4 Å². The minimum Gasteiger partial charge on any atom is -0.126 e. The van der Waals surface area contributed by atoms with Crippen molar-refractivity contribution in [1.29, 1.82) is 0 Å². The molecule has 0 aliphatic carbocycles. The van der Waals surface area contributed by atoms with Gasteiger partial charge in [-0.15, -0.1) is 11.8 Å². The molecule has 0 radical (unpaired) electrons. The molecule has 0 unspecified atom stereocenters. The molecule has 3 nitrogen and oxygen atoms in total. The topological polar surface area (TPSA) is 48.8 Å². The lowest BCUT2D eigenvalue weighted by Gasteiger charge is -2.02. The van der Waals surface area contributed by atoms with E-state index in [1.165, 1.54) is 15.7 Å². The van der Waals surface area contributed by atoms with Crippen molar-refractivity contribution in [3.8, 4) is 0 Å². The fraction of sp³-hybridized carbons (Fsp3) is 0.167. The fourth-order valence-electron chi connectivity index (χ4n) is 1.51. The van der Waals surface area contributed by atoms with E-state index in [0.717, 1.165) is 5.75 Å². The van der Waals surface area contributed by atoms with Crippen LogP contribution in [-0.4, -0.2) is 12.3 Å². The van der Waals surface area contributed by atoms with Gasteiger partial charge < -0.3 is 0 Å². The molecule has 0 heterocycles. The Morgan fingerprint density at radius 1 is 1.12 bits per heavy atom. The molecule has 0 aliphatic rings. The number of azide groups is 1. The van der Waals surface area contributed by atoms with Crippen LogP contribution < -0.4 is 0 Å². The van der Waals surface area contributed by atoms with Crippen molar-refractivity contribution in [2.45, 2.75) is 4.90 Å². The number of fused-ring (bicyclic) bond motifs is 1. The van der Waals surface area contributed by atoms with Crippen LogP contribution in [0.5, 0.6) is 0 Å². The van der Waals surface area contributed by atoms with Crippen LogP contribution in [0.2, 0.25) is 0 Å². The lowest BCUT2D eigenvalue weighted by molar-refractivity contribution is 1.12. The molecule has 0 bridgehead atoms. The zero-order valence-electron chi connectivity index (χ0n) is 8.71. The summed E-state index contributed by atoms with van der Waals surface area (Å²) in [6.45, 7) is 0.536. The Labute approximate surface area is 98.1 Å². The van der Waals surface area contributed by atoms with Gasteiger partial charge in [0.15, 0.2) is 0 Å². The van der Waals surface area contributed by atoms with E-state index in [1.807, 2.05) is 12.1 Å². The molecule has 0 atom stereocenters. The van der Waals surface area contributed by atoms with Gasteiger partial charge in [0.05, 0.1) is 0 Å². The Hall–Kier alpha value is -1.64. The average molecular weight is 229 g/mol. The number of nitrogens with zero attached hydrogens (tertiary/aromatic N) is 3. The quantitative estimate of drug-likeness (QED) is 0.254. The van der Waals surface area contributed by atoms with E-state index in [1.54, 1.807) is 11.8 Å². The maximum absolute atomic E-state index is 8.15. The monoisotopic (exact) mass is 229 g/mol. The van der Waals surface area contributed by atoms with Crippen LogP contribution in [0, 0.1) is 0 Å². The highest BCUT2D eigenvalue weighted by atomic mass is 32.2. The smallest absolute Gasteiger partial charge is 0.0352 e. The largest absolute Gasteiger partial charge is 0.126 e. The molecule has 4 heteroatoms. The summed E-state index contributed by atoms with van der Waals surface area (Å²) < 4.78 is 0. The Morgan fingerprint density at radius 2 is 1.94 bits per heavy atom. The third-order valence-electron chi connectivity index (χ3n) is 2.24. The molecular weight excluding hydrogens is 218 g/mol. The van der Waals surface area contributed by atoms with Gasteiger partial charge in [-0.25, -0.2) is 0 Å². The van der Waals surface area contributed by atoms with Gasteiger partial charge in [-0.3, -0.25) is 0 Å². The first kappa shape index (κ1) is 10.9. The van der Waals surface area contributed by atoms with Gasteiger partial charge in [0, 0.05) is 22.1 Å². The maximum atomic E-state index is 8.15. The number of rotatable bonds is 4. The van der Waals surface area contributed by atoms with Gasteiger partial charge in [0.1, 0.15) is 0 Å². The standard InChI is InChI=1S/C12H11N3S/c13-15-14-7-8-16-12-6-5-10-3-1-2-4-11(10)9-12/h1-6,9H,7-8H2. The van der Waals surface area contributed by atoms with E-state index >= 15 is 0 Å². The number of hydrogen-bond acceptors (Lipinski definition) is 2. The maximum Gasteiger partial charge on any atom is 0.0352 e. The van der Waals surface area contributed by atoms with Crippen molar-refractivity contribution in [3.63, 3.8) is 0 Å². The summed E-state index contributed by atoms with van der Waals surface area (Å²) in [6, 6.07) is 14.7. The average Bonchev–Trinajstić information content (AvgIpc) is 2.34. The summed E-state index contributed by atoms with van der Waals surface area (Å²) in [7, 11) is 0. The zero-order valence-corrected chi connectivity index (χ0v) is 9.52. The molecule has 80 valence electrons. The van der Waals surface area contributed by atoms with Crippen LogP contribution in [0.25, 0.3) is 21.2 Å². The van der Waals surface area contributed by atoms with Crippen molar-refractivity contribution in [3.05, 3.63) is 52.9 Å². The van der Waals surface area contributed by atoms with Crippen LogP contribution in [0.3, 0.4) is 0 Å².